The molecular formula is C15H22N2O3. The molecule has 2 rings (SSSR count). The van der Waals surface area contributed by atoms with Crippen molar-refractivity contribution in [2.45, 2.75) is 6.42 Å². The molecule has 1 fully saturated rings. The quantitative estimate of drug-likeness (QED) is 0.761. The van der Waals surface area contributed by atoms with E-state index in [1.165, 1.54) is 12.8 Å². The van der Waals surface area contributed by atoms with Gasteiger partial charge in [0, 0.05) is 44.5 Å². The predicted molar refractivity (Wildman–Crippen MR) is 78.3 cm³/mol. The maximum atomic E-state index is 11.1. The maximum Gasteiger partial charge on any atom is 0.306 e. The van der Waals surface area contributed by atoms with E-state index in [2.05, 4.69) is 26.7 Å². The van der Waals surface area contributed by atoms with Gasteiger partial charge >= 0.3 is 5.97 Å². The minimum Gasteiger partial charge on any atom is -0.497 e. The van der Waals surface area contributed by atoms with Gasteiger partial charge in [0.2, 0.25) is 0 Å². The number of benzene rings is 1. The summed E-state index contributed by atoms with van der Waals surface area (Å²) in [6, 6.07) is 8.13. The highest BCUT2D eigenvalue weighted by Gasteiger charge is 2.18. The first kappa shape index (κ1) is 14.7. The number of piperazine rings is 1. The highest BCUT2D eigenvalue weighted by molar-refractivity contribution is 5.69. The molecule has 1 aliphatic heterocycles. The van der Waals surface area contributed by atoms with Crippen LogP contribution in [0, 0.1) is 0 Å². The number of esters is 1. The van der Waals surface area contributed by atoms with Crippen LogP contribution in [0.15, 0.2) is 24.3 Å². The van der Waals surface area contributed by atoms with E-state index >= 15 is 0 Å². The molecule has 0 amide bonds. The van der Waals surface area contributed by atoms with Crippen molar-refractivity contribution in [2.75, 3.05) is 51.8 Å². The predicted octanol–water partition coefficient (Wildman–Crippen LogP) is 1.38. The minimum atomic E-state index is -0.139. The molecule has 0 radical (unpaired) electrons. The molecule has 0 aromatic heterocycles. The third kappa shape index (κ3) is 3.87. The van der Waals surface area contributed by atoms with Crippen LogP contribution in [-0.4, -0.2) is 57.8 Å². The fraction of sp³-hybridized carbons (Fsp3) is 0.533. The zero-order chi connectivity index (χ0) is 14.4. The fourth-order valence-electron chi connectivity index (χ4n) is 2.39. The van der Waals surface area contributed by atoms with Gasteiger partial charge in [-0.25, -0.2) is 0 Å². The Morgan fingerprint density at radius 2 is 1.95 bits per heavy atom. The number of hydrogen-bond donors (Lipinski definition) is 0. The lowest BCUT2D eigenvalue weighted by molar-refractivity contribution is -0.141. The molecule has 0 spiro atoms. The second-order valence-electron chi connectivity index (χ2n) is 4.86. The highest BCUT2D eigenvalue weighted by Crippen LogP contribution is 2.22. The standard InChI is InChI=1S/C15H22N2O3/c1-19-14-5-3-4-13(12-14)17-10-8-16(9-11-17)7-6-15(18)20-2/h3-5,12H,6-11H2,1-2H3. The van der Waals surface area contributed by atoms with Crippen LogP contribution in [-0.2, 0) is 9.53 Å². The Balaban J connectivity index is 1.83. The molecule has 0 bridgehead atoms. The lowest BCUT2D eigenvalue weighted by atomic mass is 10.2. The number of nitrogens with zero attached hydrogens (tertiary/aromatic N) is 2. The molecular weight excluding hydrogens is 256 g/mol. The third-order valence-electron chi connectivity index (χ3n) is 3.65. The molecule has 0 unspecified atom stereocenters. The van der Waals surface area contributed by atoms with E-state index in [1.54, 1.807) is 7.11 Å². The van der Waals surface area contributed by atoms with Gasteiger partial charge < -0.3 is 14.4 Å². The van der Waals surface area contributed by atoms with E-state index in [9.17, 15) is 4.79 Å². The smallest absolute Gasteiger partial charge is 0.306 e. The molecule has 1 aromatic rings. The van der Waals surface area contributed by atoms with Crippen LogP contribution in [0.25, 0.3) is 0 Å². The summed E-state index contributed by atoms with van der Waals surface area (Å²) in [4.78, 5) is 15.8. The van der Waals surface area contributed by atoms with Crippen molar-refractivity contribution in [1.29, 1.82) is 0 Å². The summed E-state index contributed by atoms with van der Waals surface area (Å²) in [5.74, 6) is 0.746. The second-order valence-corrected chi connectivity index (χ2v) is 4.86. The van der Waals surface area contributed by atoms with Crippen molar-refractivity contribution in [2.24, 2.45) is 0 Å². The summed E-state index contributed by atoms with van der Waals surface area (Å²) < 4.78 is 9.92. The highest BCUT2D eigenvalue weighted by atomic mass is 16.5. The number of carbonyl (C=O) groups excluding carboxylic acids is 1. The van der Waals surface area contributed by atoms with Crippen molar-refractivity contribution >= 4 is 11.7 Å². The maximum absolute atomic E-state index is 11.1. The van der Waals surface area contributed by atoms with Gasteiger partial charge in [-0.05, 0) is 12.1 Å². The van der Waals surface area contributed by atoms with E-state index < -0.39 is 0 Å². The fourth-order valence-corrected chi connectivity index (χ4v) is 2.39. The SMILES string of the molecule is COC(=O)CCN1CCN(c2cccc(OC)c2)CC1. The van der Waals surface area contributed by atoms with Gasteiger partial charge in [0.25, 0.3) is 0 Å². The molecule has 110 valence electrons. The Bertz CT molecular complexity index is 442. The molecule has 20 heavy (non-hydrogen) atoms. The molecule has 0 atom stereocenters. The zero-order valence-electron chi connectivity index (χ0n) is 12.2. The first-order valence-electron chi connectivity index (χ1n) is 6.91. The monoisotopic (exact) mass is 278 g/mol. The summed E-state index contributed by atoms with van der Waals surface area (Å²) in [5, 5.41) is 0. The van der Waals surface area contributed by atoms with Crippen LogP contribution in [0.3, 0.4) is 0 Å². The second kappa shape index (κ2) is 7.14. The Kier molecular flexibility index (Phi) is 5.24. The van der Waals surface area contributed by atoms with Gasteiger partial charge in [-0.2, -0.15) is 0 Å². The Morgan fingerprint density at radius 3 is 2.60 bits per heavy atom. The van der Waals surface area contributed by atoms with Crippen molar-refractivity contribution in [3.63, 3.8) is 0 Å². The normalized spacial score (nSPS) is 16.0. The number of methoxy groups -OCH3 is 2. The summed E-state index contributed by atoms with van der Waals surface area (Å²) in [6.45, 7) is 4.64. The Morgan fingerprint density at radius 1 is 1.20 bits per heavy atom. The third-order valence-corrected chi connectivity index (χ3v) is 3.65. The van der Waals surface area contributed by atoms with Gasteiger partial charge in [-0.15, -0.1) is 0 Å². The number of ether oxygens (including phenoxy) is 2. The topological polar surface area (TPSA) is 42.0 Å². The zero-order valence-corrected chi connectivity index (χ0v) is 12.2. The molecule has 1 aliphatic rings. The molecule has 5 nitrogen and oxygen atoms in total. The minimum absolute atomic E-state index is 0.139. The van der Waals surface area contributed by atoms with E-state index in [4.69, 9.17) is 4.74 Å². The number of rotatable bonds is 5. The van der Waals surface area contributed by atoms with Crippen molar-refractivity contribution in [3.8, 4) is 5.75 Å². The molecule has 1 heterocycles. The molecule has 1 aromatic carbocycles. The van der Waals surface area contributed by atoms with Crippen molar-refractivity contribution in [3.05, 3.63) is 24.3 Å². The van der Waals surface area contributed by atoms with Crippen LogP contribution in [0.5, 0.6) is 5.75 Å². The number of hydrogen-bond acceptors (Lipinski definition) is 5. The molecule has 5 heteroatoms. The van der Waals surface area contributed by atoms with Gasteiger partial charge in [0.1, 0.15) is 5.75 Å². The van der Waals surface area contributed by atoms with E-state index in [1.807, 2.05) is 12.1 Å². The van der Waals surface area contributed by atoms with Gasteiger partial charge in [-0.3, -0.25) is 9.69 Å². The van der Waals surface area contributed by atoms with Gasteiger partial charge in [0.15, 0.2) is 0 Å². The van der Waals surface area contributed by atoms with Crippen LogP contribution in [0.2, 0.25) is 0 Å². The first-order valence-corrected chi connectivity index (χ1v) is 6.91. The largest absolute Gasteiger partial charge is 0.497 e. The molecule has 1 saturated heterocycles. The van der Waals surface area contributed by atoms with Gasteiger partial charge in [0.05, 0.1) is 20.6 Å². The lowest BCUT2D eigenvalue weighted by Gasteiger charge is -2.36. The average molecular weight is 278 g/mol. The van der Waals surface area contributed by atoms with E-state index in [0.717, 1.165) is 38.5 Å². The Labute approximate surface area is 120 Å². The first-order chi connectivity index (χ1) is 9.72. The van der Waals surface area contributed by atoms with Crippen molar-refractivity contribution < 1.29 is 14.3 Å². The summed E-state index contributed by atoms with van der Waals surface area (Å²) in [6.07, 6.45) is 0.468. The molecule has 0 N–H and O–H groups in total. The summed E-state index contributed by atoms with van der Waals surface area (Å²) in [7, 11) is 3.12. The van der Waals surface area contributed by atoms with Crippen LogP contribution >= 0.6 is 0 Å². The lowest BCUT2D eigenvalue weighted by Crippen LogP contribution is -2.46. The molecule has 0 aliphatic carbocycles. The number of carbonyl (C=O) groups is 1. The molecule has 0 saturated carbocycles. The van der Waals surface area contributed by atoms with Crippen LogP contribution in [0.1, 0.15) is 6.42 Å². The van der Waals surface area contributed by atoms with Gasteiger partial charge in [-0.1, -0.05) is 6.07 Å². The summed E-state index contributed by atoms with van der Waals surface area (Å²) in [5.41, 5.74) is 1.19. The summed E-state index contributed by atoms with van der Waals surface area (Å²) >= 11 is 0. The van der Waals surface area contributed by atoms with Crippen LogP contribution < -0.4 is 9.64 Å². The Hall–Kier alpha value is -1.75. The number of anilines is 1. The van der Waals surface area contributed by atoms with Crippen molar-refractivity contribution in [1.82, 2.24) is 4.90 Å². The van der Waals surface area contributed by atoms with Crippen LogP contribution in [0.4, 0.5) is 5.69 Å². The van der Waals surface area contributed by atoms with E-state index in [0.29, 0.717) is 6.42 Å². The average Bonchev–Trinajstić information content (AvgIpc) is 2.53. The van der Waals surface area contributed by atoms with E-state index in [-0.39, 0.29) is 5.97 Å².